The summed E-state index contributed by atoms with van der Waals surface area (Å²) in [6.45, 7) is 3.78. The minimum absolute atomic E-state index is 0.0556. The maximum Gasteiger partial charge on any atom is 0.123 e. The number of pyridine rings is 1. The molecule has 0 spiro atoms. The maximum atomic E-state index is 10.4. The molecule has 36 heavy (non-hydrogen) atoms. The van der Waals surface area contributed by atoms with Gasteiger partial charge in [0.05, 0.1) is 25.9 Å². The first-order valence-corrected chi connectivity index (χ1v) is 12.5. The third kappa shape index (κ3) is 6.21. The molecule has 1 aliphatic rings. The Bertz CT molecular complexity index is 1250. The van der Waals surface area contributed by atoms with Crippen LogP contribution in [0, 0.1) is 0 Å². The molecule has 186 valence electrons. The number of nitrogens with zero attached hydrogens (tertiary/aromatic N) is 1. The van der Waals surface area contributed by atoms with Gasteiger partial charge >= 0.3 is 0 Å². The molecule has 2 unspecified atom stereocenters. The van der Waals surface area contributed by atoms with Gasteiger partial charge in [0.2, 0.25) is 0 Å². The Kier molecular flexibility index (Phi) is 8.08. The monoisotopic (exact) mass is 484 g/mol. The summed E-state index contributed by atoms with van der Waals surface area (Å²) in [5, 5.41) is 15.7. The standard InChI is InChI=1S/C30H32N2O4/c33-29-17-23(16-25-5-1-2-6-27(25)29)21-36-30-19-32-13-11-28(30)24-7-9-26(10-8-24)35-15-14-34-20-22-4-3-12-31-18-22/h1-10,12,16-18,28,30,32-33H,11,13-15,19-21H2. The van der Waals surface area contributed by atoms with Gasteiger partial charge in [0, 0.05) is 30.2 Å². The summed E-state index contributed by atoms with van der Waals surface area (Å²) in [4.78, 5) is 4.09. The van der Waals surface area contributed by atoms with E-state index in [0.717, 1.165) is 47.2 Å². The van der Waals surface area contributed by atoms with Crippen LogP contribution in [0.15, 0.2) is 85.2 Å². The Hall–Kier alpha value is -3.45. The minimum atomic E-state index is 0.0556. The predicted molar refractivity (Wildman–Crippen MR) is 140 cm³/mol. The average molecular weight is 485 g/mol. The highest BCUT2D eigenvalue weighted by atomic mass is 16.5. The molecule has 3 aromatic carbocycles. The Balaban J connectivity index is 1.13. The molecule has 1 fully saturated rings. The van der Waals surface area contributed by atoms with Crippen molar-refractivity contribution in [3.05, 3.63) is 102 Å². The lowest BCUT2D eigenvalue weighted by Crippen LogP contribution is -2.40. The number of phenols is 1. The summed E-state index contributed by atoms with van der Waals surface area (Å²) in [5.74, 6) is 1.43. The first kappa shape index (κ1) is 24.3. The van der Waals surface area contributed by atoms with Gasteiger partial charge in [0.15, 0.2) is 0 Å². The summed E-state index contributed by atoms with van der Waals surface area (Å²) in [5.41, 5.74) is 3.28. The highest BCUT2D eigenvalue weighted by Gasteiger charge is 2.27. The van der Waals surface area contributed by atoms with Crippen LogP contribution in [0.3, 0.4) is 0 Å². The first-order chi connectivity index (χ1) is 17.8. The molecule has 0 saturated carbocycles. The van der Waals surface area contributed by atoms with Crippen molar-refractivity contribution in [1.29, 1.82) is 0 Å². The fraction of sp³-hybridized carbons (Fsp3) is 0.300. The fourth-order valence-electron chi connectivity index (χ4n) is 4.73. The van der Waals surface area contributed by atoms with Crippen LogP contribution in [-0.4, -0.2) is 42.5 Å². The molecule has 5 rings (SSSR count). The van der Waals surface area contributed by atoms with E-state index in [4.69, 9.17) is 14.2 Å². The highest BCUT2D eigenvalue weighted by molar-refractivity contribution is 5.88. The number of benzene rings is 3. The minimum Gasteiger partial charge on any atom is -0.507 e. The molecule has 0 aliphatic carbocycles. The molecule has 2 N–H and O–H groups in total. The second-order valence-electron chi connectivity index (χ2n) is 9.12. The van der Waals surface area contributed by atoms with Crippen molar-refractivity contribution in [3.63, 3.8) is 0 Å². The van der Waals surface area contributed by atoms with Gasteiger partial charge in [-0.05, 0) is 65.4 Å². The van der Waals surface area contributed by atoms with E-state index in [1.165, 1.54) is 5.56 Å². The molecule has 1 aromatic heterocycles. The van der Waals surface area contributed by atoms with Crippen LogP contribution < -0.4 is 10.1 Å². The van der Waals surface area contributed by atoms with Gasteiger partial charge in [0.25, 0.3) is 0 Å². The number of piperidine rings is 1. The average Bonchev–Trinajstić information content (AvgIpc) is 2.93. The van der Waals surface area contributed by atoms with Gasteiger partial charge in [-0.1, -0.05) is 42.5 Å². The van der Waals surface area contributed by atoms with E-state index in [0.29, 0.717) is 38.1 Å². The summed E-state index contributed by atoms with van der Waals surface area (Å²) in [6, 6.07) is 24.0. The van der Waals surface area contributed by atoms with Gasteiger partial charge < -0.3 is 24.6 Å². The van der Waals surface area contributed by atoms with Crippen LogP contribution in [0.4, 0.5) is 0 Å². The summed E-state index contributed by atoms with van der Waals surface area (Å²) >= 11 is 0. The van der Waals surface area contributed by atoms with Crippen molar-refractivity contribution in [2.24, 2.45) is 0 Å². The second kappa shape index (κ2) is 12.0. The van der Waals surface area contributed by atoms with Crippen LogP contribution >= 0.6 is 0 Å². The predicted octanol–water partition coefficient (Wildman–Crippen LogP) is 5.20. The molecule has 1 aliphatic heterocycles. The van der Waals surface area contributed by atoms with Gasteiger partial charge in [-0.25, -0.2) is 0 Å². The molecule has 6 nitrogen and oxygen atoms in total. The molecular weight excluding hydrogens is 452 g/mol. The fourth-order valence-corrected chi connectivity index (χ4v) is 4.73. The molecule has 1 saturated heterocycles. The Labute approximate surface area is 211 Å². The van der Waals surface area contributed by atoms with Crippen molar-refractivity contribution < 1.29 is 19.3 Å². The van der Waals surface area contributed by atoms with Crippen molar-refractivity contribution in [1.82, 2.24) is 10.3 Å². The number of aromatic hydroxyl groups is 1. The number of hydrogen-bond acceptors (Lipinski definition) is 6. The zero-order valence-electron chi connectivity index (χ0n) is 20.3. The number of hydrogen-bond donors (Lipinski definition) is 2. The van der Waals surface area contributed by atoms with E-state index in [1.807, 2.05) is 54.7 Å². The number of ether oxygens (including phenoxy) is 3. The maximum absolute atomic E-state index is 10.4. The number of phenolic OH excluding ortho intramolecular Hbond substituents is 1. The Morgan fingerprint density at radius 3 is 2.67 bits per heavy atom. The van der Waals surface area contributed by atoms with Gasteiger partial charge in [0.1, 0.15) is 18.1 Å². The quantitative estimate of drug-likeness (QED) is 0.302. The largest absolute Gasteiger partial charge is 0.507 e. The zero-order chi connectivity index (χ0) is 24.6. The van der Waals surface area contributed by atoms with Crippen LogP contribution in [0.2, 0.25) is 0 Å². The third-order valence-electron chi connectivity index (χ3n) is 6.59. The van der Waals surface area contributed by atoms with E-state index >= 15 is 0 Å². The van der Waals surface area contributed by atoms with Gasteiger partial charge in [-0.2, -0.15) is 0 Å². The molecular formula is C30H32N2O4. The Morgan fingerprint density at radius 1 is 0.917 bits per heavy atom. The molecule has 0 bridgehead atoms. The molecule has 6 heteroatoms. The molecule has 0 radical (unpaired) electrons. The van der Waals surface area contributed by atoms with Gasteiger partial charge in [-0.15, -0.1) is 0 Å². The van der Waals surface area contributed by atoms with Crippen LogP contribution in [-0.2, 0) is 22.7 Å². The number of fused-ring (bicyclic) bond motifs is 1. The first-order valence-electron chi connectivity index (χ1n) is 12.5. The van der Waals surface area contributed by atoms with Crippen LogP contribution in [0.1, 0.15) is 29.0 Å². The number of aromatic nitrogens is 1. The van der Waals surface area contributed by atoms with Crippen LogP contribution in [0.5, 0.6) is 11.5 Å². The number of nitrogens with one attached hydrogen (secondary N) is 1. The van der Waals surface area contributed by atoms with Crippen molar-refractivity contribution >= 4 is 10.8 Å². The lowest BCUT2D eigenvalue weighted by Gasteiger charge is -2.32. The second-order valence-corrected chi connectivity index (χ2v) is 9.12. The SMILES string of the molecule is Oc1cc(COC2CNCCC2c2ccc(OCCOCc3cccnc3)cc2)cc2ccccc12. The van der Waals surface area contributed by atoms with Crippen LogP contribution in [0.25, 0.3) is 10.8 Å². The molecule has 2 heterocycles. The molecule has 2 atom stereocenters. The van der Waals surface area contributed by atoms with E-state index in [-0.39, 0.29) is 6.10 Å². The molecule has 0 amide bonds. The zero-order valence-corrected chi connectivity index (χ0v) is 20.3. The lowest BCUT2D eigenvalue weighted by atomic mass is 9.87. The third-order valence-corrected chi connectivity index (χ3v) is 6.59. The summed E-state index contributed by atoms with van der Waals surface area (Å²) in [6.07, 6.45) is 4.63. The van der Waals surface area contributed by atoms with E-state index in [1.54, 1.807) is 12.3 Å². The topological polar surface area (TPSA) is 72.8 Å². The van der Waals surface area contributed by atoms with E-state index in [9.17, 15) is 5.11 Å². The highest BCUT2D eigenvalue weighted by Crippen LogP contribution is 2.31. The smallest absolute Gasteiger partial charge is 0.123 e. The van der Waals surface area contributed by atoms with E-state index < -0.39 is 0 Å². The molecule has 4 aromatic rings. The summed E-state index contributed by atoms with van der Waals surface area (Å²) < 4.78 is 17.9. The van der Waals surface area contributed by atoms with Crippen molar-refractivity contribution in [3.8, 4) is 11.5 Å². The van der Waals surface area contributed by atoms with Gasteiger partial charge in [-0.3, -0.25) is 4.98 Å². The number of rotatable bonds is 10. The normalized spacial score (nSPS) is 17.8. The summed E-state index contributed by atoms with van der Waals surface area (Å²) in [7, 11) is 0. The Morgan fingerprint density at radius 2 is 1.81 bits per heavy atom. The van der Waals surface area contributed by atoms with Crippen molar-refractivity contribution in [2.45, 2.75) is 31.7 Å². The lowest BCUT2D eigenvalue weighted by molar-refractivity contribution is 0.0106. The van der Waals surface area contributed by atoms with E-state index in [2.05, 4.69) is 28.5 Å². The van der Waals surface area contributed by atoms with Crippen molar-refractivity contribution in [2.75, 3.05) is 26.3 Å².